The minimum absolute atomic E-state index is 0.118. The summed E-state index contributed by atoms with van der Waals surface area (Å²) >= 11 is 0. The molecule has 1 saturated carbocycles. The van der Waals surface area contributed by atoms with Crippen molar-refractivity contribution in [2.24, 2.45) is 0 Å². The molecule has 3 heterocycles. The number of benzene rings is 1. The number of carbonyl (C=O) groups excluding carboxylic acids is 1. The molecule has 3 N–H and O–H groups in total. The molecule has 39 heavy (non-hydrogen) atoms. The first kappa shape index (κ1) is 26.4. The van der Waals surface area contributed by atoms with Crippen molar-refractivity contribution >= 4 is 11.6 Å². The van der Waals surface area contributed by atoms with Crippen molar-refractivity contribution in [1.82, 2.24) is 40.3 Å². The molecule has 3 aromatic heterocycles. The van der Waals surface area contributed by atoms with Gasteiger partial charge in [0.1, 0.15) is 12.0 Å². The maximum Gasteiger partial charge on any atom is 0.251 e. The van der Waals surface area contributed by atoms with Gasteiger partial charge in [0.25, 0.3) is 5.91 Å². The zero-order chi connectivity index (χ0) is 27.0. The Morgan fingerprint density at radius 1 is 1.05 bits per heavy atom. The predicted molar refractivity (Wildman–Crippen MR) is 150 cm³/mol. The maximum absolute atomic E-state index is 12.9. The summed E-state index contributed by atoms with van der Waals surface area (Å²) < 4.78 is 2.23. The molecule has 1 amide bonds. The van der Waals surface area contributed by atoms with E-state index in [2.05, 4.69) is 52.6 Å². The lowest BCUT2D eigenvalue weighted by Crippen LogP contribution is -2.33. The normalized spacial score (nSPS) is 17.1. The van der Waals surface area contributed by atoms with E-state index >= 15 is 0 Å². The van der Waals surface area contributed by atoms with Crippen LogP contribution in [0, 0.1) is 0 Å². The molecule has 1 fully saturated rings. The smallest absolute Gasteiger partial charge is 0.251 e. The van der Waals surface area contributed by atoms with Crippen LogP contribution in [-0.4, -0.2) is 48.7 Å². The van der Waals surface area contributed by atoms with E-state index in [4.69, 9.17) is 0 Å². The fourth-order valence-corrected chi connectivity index (χ4v) is 5.26. The molecule has 4 aromatic rings. The van der Waals surface area contributed by atoms with Gasteiger partial charge in [-0.15, -0.1) is 10.2 Å². The lowest BCUT2D eigenvalue weighted by Gasteiger charge is -2.31. The number of hydrogen-bond donors (Lipinski definition) is 3. The Labute approximate surface area is 228 Å². The maximum atomic E-state index is 12.9. The number of anilines is 1. The minimum Gasteiger partial charge on any atom is -0.378 e. The van der Waals surface area contributed by atoms with E-state index in [1.807, 2.05) is 49.6 Å². The number of rotatable bonds is 10. The van der Waals surface area contributed by atoms with Crippen molar-refractivity contribution in [2.45, 2.75) is 64.2 Å². The molecule has 0 unspecified atom stereocenters. The Bertz CT molecular complexity index is 1390. The van der Waals surface area contributed by atoms with Gasteiger partial charge >= 0.3 is 0 Å². The number of aromatic nitrogens is 6. The highest BCUT2D eigenvalue weighted by atomic mass is 16.1. The van der Waals surface area contributed by atoms with Crippen molar-refractivity contribution in [3.05, 3.63) is 83.8 Å². The Balaban J connectivity index is 1.31. The van der Waals surface area contributed by atoms with Gasteiger partial charge in [0.15, 0.2) is 11.6 Å². The van der Waals surface area contributed by atoms with Gasteiger partial charge in [-0.25, -0.2) is 9.97 Å². The fraction of sp³-hybridized carbons (Fsp3) is 0.379. The van der Waals surface area contributed by atoms with E-state index in [9.17, 15) is 4.79 Å². The summed E-state index contributed by atoms with van der Waals surface area (Å²) in [6.07, 6.45) is 12.1. The molecule has 10 nitrogen and oxygen atoms in total. The first-order valence-corrected chi connectivity index (χ1v) is 13.6. The molecular formula is C29H35N9O. The van der Waals surface area contributed by atoms with E-state index in [0.717, 1.165) is 59.8 Å². The highest BCUT2D eigenvalue weighted by molar-refractivity contribution is 5.95. The fourth-order valence-electron chi connectivity index (χ4n) is 5.26. The van der Waals surface area contributed by atoms with Crippen LogP contribution in [-0.2, 0) is 19.5 Å². The number of hydrogen-bond acceptors (Lipinski definition) is 8. The molecule has 0 saturated heterocycles. The van der Waals surface area contributed by atoms with Gasteiger partial charge < -0.3 is 20.5 Å². The number of nitrogens with one attached hydrogen (secondary N) is 3. The molecule has 0 bridgehead atoms. The monoisotopic (exact) mass is 525 g/mol. The molecule has 2 atom stereocenters. The van der Waals surface area contributed by atoms with Crippen LogP contribution in [0.5, 0.6) is 0 Å². The van der Waals surface area contributed by atoms with Crippen molar-refractivity contribution in [3.8, 4) is 11.5 Å². The minimum atomic E-state index is -0.118. The lowest BCUT2D eigenvalue weighted by molar-refractivity contribution is 0.0951. The summed E-state index contributed by atoms with van der Waals surface area (Å²) in [5.74, 6) is 1.48. The largest absolute Gasteiger partial charge is 0.378 e. The Morgan fingerprint density at radius 2 is 1.95 bits per heavy atom. The quantitative estimate of drug-likeness (QED) is 0.285. The zero-order valence-electron chi connectivity index (χ0n) is 22.5. The van der Waals surface area contributed by atoms with Gasteiger partial charge in [-0.1, -0.05) is 13.0 Å². The topological polar surface area (TPSA) is 123 Å². The Hall–Kier alpha value is -4.18. The van der Waals surface area contributed by atoms with Crippen LogP contribution in [0.1, 0.15) is 66.0 Å². The number of nitrogens with zero attached hydrogens (tertiary/aromatic N) is 6. The van der Waals surface area contributed by atoms with Gasteiger partial charge in [0.05, 0.1) is 6.54 Å². The molecule has 5 rings (SSSR count). The molecule has 0 radical (unpaired) electrons. The standard InChI is InChI=1S/C29H35N9O/c1-3-20-16-31-12-10-22(20)17-34-29(39)21-6-4-8-24(14-21)33-18-27-36-37-28(26-11-13-32-19-35-26)38(27)25-9-5-7-23(15-25)30-2/h4,6,8,10-14,16,19,23,25,30,33H,3,5,7,9,15,17-18H2,1-2H3,(H,34,39)/t23-,25-/m0/s1. The highest BCUT2D eigenvalue weighted by Gasteiger charge is 2.27. The van der Waals surface area contributed by atoms with E-state index in [0.29, 0.717) is 24.7 Å². The first-order chi connectivity index (χ1) is 19.2. The van der Waals surface area contributed by atoms with Crippen LogP contribution < -0.4 is 16.0 Å². The first-order valence-electron chi connectivity index (χ1n) is 13.6. The summed E-state index contributed by atoms with van der Waals surface area (Å²) in [7, 11) is 2.02. The average molecular weight is 526 g/mol. The summed E-state index contributed by atoms with van der Waals surface area (Å²) in [5, 5.41) is 19.0. The van der Waals surface area contributed by atoms with Crippen LogP contribution in [0.15, 0.2) is 61.3 Å². The summed E-state index contributed by atoms with van der Waals surface area (Å²) in [5.41, 5.74) is 4.42. The van der Waals surface area contributed by atoms with Crippen molar-refractivity contribution in [1.29, 1.82) is 0 Å². The Morgan fingerprint density at radius 3 is 2.77 bits per heavy atom. The zero-order valence-corrected chi connectivity index (χ0v) is 22.5. The SMILES string of the molecule is CCc1cnccc1CNC(=O)c1cccc(NCc2nnc(-c3ccncn3)n2[C@H]2CCC[C@H](NC)C2)c1. The lowest BCUT2D eigenvalue weighted by atomic mass is 9.90. The highest BCUT2D eigenvalue weighted by Crippen LogP contribution is 2.33. The van der Waals surface area contributed by atoms with E-state index in [-0.39, 0.29) is 11.9 Å². The summed E-state index contributed by atoms with van der Waals surface area (Å²) in [6.45, 7) is 3.02. The molecule has 1 aliphatic carbocycles. The second-order valence-corrected chi connectivity index (χ2v) is 9.83. The van der Waals surface area contributed by atoms with Crippen LogP contribution in [0.4, 0.5) is 5.69 Å². The van der Waals surface area contributed by atoms with Crippen LogP contribution in [0.3, 0.4) is 0 Å². The number of pyridine rings is 1. The second kappa shape index (κ2) is 12.6. The molecule has 10 heteroatoms. The van der Waals surface area contributed by atoms with Gasteiger partial charge in [-0.2, -0.15) is 0 Å². The van der Waals surface area contributed by atoms with Crippen molar-refractivity contribution in [3.63, 3.8) is 0 Å². The molecule has 1 aromatic carbocycles. The van der Waals surface area contributed by atoms with Crippen molar-refractivity contribution < 1.29 is 4.79 Å². The van der Waals surface area contributed by atoms with E-state index in [1.165, 1.54) is 12.7 Å². The average Bonchev–Trinajstić information content (AvgIpc) is 3.43. The van der Waals surface area contributed by atoms with Crippen LogP contribution >= 0.6 is 0 Å². The number of amides is 1. The third kappa shape index (κ3) is 6.28. The van der Waals surface area contributed by atoms with Crippen LogP contribution in [0.25, 0.3) is 11.5 Å². The molecule has 0 aliphatic heterocycles. The summed E-state index contributed by atoms with van der Waals surface area (Å²) in [4.78, 5) is 25.6. The number of carbonyl (C=O) groups is 1. The van der Waals surface area contributed by atoms with E-state index < -0.39 is 0 Å². The molecular weight excluding hydrogens is 490 g/mol. The van der Waals surface area contributed by atoms with Crippen LogP contribution in [0.2, 0.25) is 0 Å². The van der Waals surface area contributed by atoms with Gasteiger partial charge in [-0.05, 0) is 80.6 Å². The molecule has 0 spiro atoms. The van der Waals surface area contributed by atoms with E-state index in [1.54, 1.807) is 12.4 Å². The molecule has 202 valence electrons. The Kier molecular flexibility index (Phi) is 8.52. The predicted octanol–water partition coefficient (Wildman–Crippen LogP) is 3.94. The number of aryl methyl sites for hydroxylation is 1. The van der Waals surface area contributed by atoms with Crippen molar-refractivity contribution in [2.75, 3.05) is 12.4 Å². The van der Waals surface area contributed by atoms with Gasteiger partial charge in [0.2, 0.25) is 0 Å². The summed E-state index contributed by atoms with van der Waals surface area (Å²) in [6, 6.07) is 12.1. The van der Waals surface area contributed by atoms with Gasteiger partial charge in [-0.3, -0.25) is 9.78 Å². The third-order valence-electron chi connectivity index (χ3n) is 7.40. The second-order valence-electron chi connectivity index (χ2n) is 9.83. The molecule has 1 aliphatic rings. The van der Waals surface area contributed by atoms with Gasteiger partial charge in [0, 0.05) is 48.5 Å². The third-order valence-corrected chi connectivity index (χ3v) is 7.40.